The highest BCUT2D eigenvalue weighted by atomic mass is 16.5. The van der Waals surface area contributed by atoms with Gasteiger partial charge in [0.05, 0.1) is 12.1 Å². The van der Waals surface area contributed by atoms with E-state index in [9.17, 15) is 4.79 Å². The van der Waals surface area contributed by atoms with Crippen LogP contribution in [-0.2, 0) is 11.3 Å². The molecule has 0 aromatic carbocycles. The standard InChI is InChI=1S/C15H19N3O3/c1-10-4-5-14(16-8-10)18(7-6-15(19)20)9-13-11(2)17-21-12(13)3/h4-5,8H,6-7,9H2,1-3H3,(H,19,20). The first-order chi connectivity index (χ1) is 9.97. The molecular formula is C15H19N3O3. The summed E-state index contributed by atoms with van der Waals surface area (Å²) in [5.41, 5.74) is 2.86. The molecule has 0 saturated heterocycles. The van der Waals surface area contributed by atoms with Gasteiger partial charge in [-0.25, -0.2) is 4.98 Å². The molecule has 0 aliphatic rings. The van der Waals surface area contributed by atoms with Crippen LogP contribution >= 0.6 is 0 Å². The Kier molecular flexibility index (Phi) is 4.57. The Morgan fingerprint density at radius 2 is 2.10 bits per heavy atom. The molecule has 0 amide bonds. The first-order valence-electron chi connectivity index (χ1n) is 6.78. The molecule has 2 aromatic heterocycles. The molecule has 6 nitrogen and oxygen atoms in total. The number of carbonyl (C=O) groups is 1. The monoisotopic (exact) mass is 289 g/mol. The number of aliphatic carboxylic acids is 1. The van der Waals surface area contributed by atoms with Gasteiger partial charge in [-0.05, 0) is 32.4 Å². The van der Waals surface area contributed by atoms with Crippen molar-refractivity contribution in [2.45, 2.75) is 33.7 Å². The van der Waals surface area contributed by atoms with Gasteiger partial charge in [0.25, 0.3) is 0 Å². The van der Waals surface area contributed by atoms with E-state index in [1.807, 2.05) is 37.8 Å². The number of carboxylic acids is 1. The summed E-state index contributed by atoms with van der Waals surface area (Å²) < 4.78 is 5.16. The predicted molar refractivity (Wildman–Crippen MR) is 78.3 cm³/mol. The van der Waals surface area contributed by atoms with Crippen LogP contribution in [0.4, 0.5) is 5.82 Å². The Balaban J connectivity index is 2.23. The highest BCUT2D eigenvalue weighted by molar-refractivity contribution is 5.67. The summed E-state index contributed by atoms with van der Waals surface area (Å²) in [7, 11) is 0. The molecule has 0 spiro atoms. The number of hydrogen-bond donors (Lipinski definition) is 1. The first kappa shape index (κ1) is 15.0. The van der Waals surface area contributed by atoms with Crippen molar-refractivity contribution in [2.24, 2.45) is 0 Å². The Morgan fingerprint density at radius 3 is 2.62 bits per heavy atom. The third-order valence-electron chi connectivity index (χ3n) is 3.35. The Morgan fingerprint density at radius 1 is 1.33 bits per heavy atom. The van der Waals surface area contributed by atoms with E-state index < -0.39 is 5.97 Å². The van der Waals surface area contributed by atoms with Gasteiger partial charge in [-0.1, -0.05) is 11.2 Å². The fraction of sp³-hybridized carbons (Fsp3) is 0.400. The zero-order chi connectivity index (χ0) is 15.4. The van der Waals surface area contributed by atoms with Crippen molar-refractivity contribution in [1.82, 2.24) is 10.1 Å². The van der Waals surface area contributed by atoms with Gasteiger partial charge in [0.2, 0.25) is 0 Å². The molecule has 2 aromatic rings. The van der Waals surface area contributed by atoms with Crippen LogP contribution in [0.5, 0.6) is 0 Å². The van der Waals surface area contributed by atoms with Crippen molar-refractivity contribution >= 4 is 11.8 Å². The van der Waals surface area contributed by atoms with E-state index in [0.717, 1.165) is 28.4 Å². The SMILES string of the molecule is Cc1ccc(N(CCC(=O)O)Cc2c(C)noc2C)nc1. The zero-order valence-electron chi connectivity index (χ0n) is 12.5. The molecule has 2 heterocycles. The smallest absolute Gasteiger partial charge is 0.305 e. The van der Waals surface area contributed by atoms with Crippen LogP contribution in [-0.4, -0.2) is 27.8 Å². The number of pyridine rings is 1. The normalized spacial score (nSPS) is 10.6. The molecule has 2 rings (SSSR count). The van der Waals surface area contributed by atoms with E-state index in [1.54, 1.807) is 6.20 Å². The average molecular weight is 289 g/mol. The molecule has 0 radical (unpaired) electrons. The molecule has 0 bridgehead atoms. The predicted octanol–water partition coefficient (Wildman–Crippen LogP) is 2.48. The molecule has 112 valence electrons. The van der Waals surface area contributed by atoms with Crippen molar-refractivity contribution < 1.29 is 14.4 Å². The molecule has 21 heavy (non-hydrogen) atoms. The second kappa shape index (κ2) is 6.39. The average Bonchev–Trinajstić information content (AvgIpc) is 2.75. The van der Waals surface area contributed by atoms with Crippen molar-refractivity contribution in [3.63, 3.8) is 0 Å². The minimum atomic E-state index is -0.828. The maximum Gasteiger partial charge on any atom is 0.305 e. The van der Waals surface area contributed by atoms with Crippen LogP contribution in [0.25, 0.3) is 0 Å². The third-order valence-corrected chi connectivity index (χ3v) is 3.35. The van der Waals surface area contributed by atoms with Gasteiger partial charge in [0.15, 0.2) is 0 Å². The maximum atomic E-state index is 10.8. The molecule has 6 heteroatoms. The summed E-state index contributed by atoms with van der Waals surface area (Å²) in [6.07, 6.45) is 1.83. The Labute approximate surface area is 123 Å². The highest BCUT2D eigenvalue weighted by Gasteiger charge is 2.16. The third kappa shape index (κ3) is 3.81. The van der Waals surface area contributed by atoms with Crippen LogP contribution in [0.1, 0.15) is 29.0 Å². The quantitative estimate of drug-likeness (QED) is 0.880. The summed E-state index contributed by atoms with van der Waals surface area (Å²) >= 11 is 0. The minimum absolute atomic E-state index is 0.0545. The molecule has 0 aliphatic heterocycles. The number of anilines is 1. The number of hydrogen-bond acceptors (Lipinski definition) is 5. The van der Waals surface area contributed by atoms with E-state index in [4.69, 9.17) is 9.63 Å². The van der Waals surface area contributed by atoms with E-state index >= 15 is 0 Å². The maximum absolute atomic E-state index is 10.8. The summed E-state index contributed by atoms with van der Waals surface area (Å²) in [6, 6.07) is 3.86. The fourth-order valence-electron chi connectivity index (χ4n) is 2.07. The van der Waals surface area contributed by atoms with Gasteiger partial charge in [-0.2, -0.15) is 0 Å². The van der Waals surface area contributed by atoms with Crippen molar-refractivity contribution in [1.29, 1.82) is 0 Å². The van der Waals surface area contributed by atoms with Crippen LogP contribution < -0.4 is 4.90 Å². The van der Waals surface area contributed by atoms with Crippen LogP contribution in [0.2, 0.25) is 0 Å². The summed E-state index contributed by atoms with van der Waals surface area (Å²) in [5, 5.41) is 12.8. The number of rotatable bonds is 6. The molecule has 0 fully saturated rings. The lowest BCUT2D eigenvalue weighted by Crippen LogP contribution is -2.27. The summed E-state index contributed by atoms with van der Waals surface area (Å²) in [5.74, 6) is 0.674. The highest BCUT2D eigenvalue weighted by Crippen LogP contribution is 2.20. The van der Waals surface area contributed by atoms with Crippen molar-refractivity contribution in [3.05, 3.63) is 40.9 Å². The van der Waals surface area contributed by atoms with Gasteiger partial charge in [0, 0.05) is 24.8 Å². The van der Waals surface area contributed by atoms with E-state index in [2.05, 4.69) is 10.1 Å². The van der Waals surface area contributed by atoms with Crippen molar-refractivity contribution in [3.8, 4) is 0 Å². The van der Waals surface area contributed by atoms with E-state index in [1.165, 1.54) is 0 Å². The molecule has 0 atom stereocenters. The first-order valence-corrected chi connectivity index (χ1v) is 6.78. The second-order valence-electron chi connectivity index (χ2n) is 5.06. The van der Waals surface area contributed by atoms with Gasteiger partial charge in [-0.3, -0.25) is 4.79 Å². The molecule has 0 saturated carbocycles. The number of nitrogens with zero attached hydrogens (tertiary/aromatic N) is 3. The van der Waals surface area contributed by atoms with Gasteiger partial charge in [-0.15, -0.1) is 0 Å². The molecular weight excluding hydrogens is 270 g/mol. The lowest BCUT2D eigenvalue weighted by atomic mass is 10.2. The summed E-state index contributed by atoms with van der Waals surface area (Å²) in [4.78, 5) is 17.2. The number of aryl methyl sites for hydroxylation is 3. The molecule has 0 aliphatic carbocycles. The van der Waals surface area contributed by atoms with Crippen LogP contribution in [0, 0.1) is 20.8 Å². The van der Waals surface area contributed by atoms with Crippen LogP contribution in [0.15, 0.2) is 22.9 Å². The Bertz CT molecular complexity index is 600. The summed E-state index contributed by atoms with van der Waals surface area (Å²) in [6.45, 7) is 6.61. The lowest BCUT2D eigenvalue weighted by Gasteiger charge is -2.23. The zero-order valence-corrected chi connectivity index (χ0v) is 12.5. The van der Waals surface area contributed by atoms with Crippen LogP contribution in [0.3, 0.4) is 0 Å². The van der Waals surface area contributed by atoms with Gasteiger partial charge >= 0.3 is 5.97 Å². The molecule has 1 N–H and O–H groups in total. The lowest BCUT2D eigenvalue weighted by molar-refractivity contribution is -0.136. The van der Waals surface area contributed by atoms with Gasteiger partial charge in [0.1, 0.15) is 11.6 Å². The second-order valence-corrected chi connectivity index (χ2v) is 5.06. The Hall–Kier alpha value is -2.37. The van der Waals surface area contributed by atoms with E-state index in [-0.39, 0.29) is 6.42 Å². The number of aromatic nitrogens is 2. The van der Waals surface area contributed by atoms with Crippen molar-refractivity contribution in [2.75, 3.05) is 11.4 Å². The minimum Gasteiger partial charge on any atom is -0.481 e. The molecule has 0 unspecified atom stereocenters. The largest absolute Gasteiger partial charge is 0.481 e. The number of carboxylic acid groups (broad SMARTS) is 1. The topological polar surface area (TPSA) is 79.5 Å². The fourth-order valence-corrected chi connectivity index (χ4v) is 2.07. The van der Waals surface area contributed by atoms with E-state index in [0.29, 0.717) is 13.1 Å². The van der Waals surface area contributed by atoms with Gasteiger partial charge < -0.3 is 14.5 Å².